The Morgan fingerprint density at radius 3 is 2.93 bits per heavy atom. The lowest BCUT2D eigenvalue weighted by Crippen LogP contribution is -2.36. The van der Waals surface area contributed by atoms with Gasteiger partial charge in [-0.25, -0.2) is 4.98 Å². The van der Waals surface area contributed by atoms with Crippen LogP contribution in [0.3, 0.4) is 0 Å². The number of fused-ring (bicyclic) bond motifs is 1. The summed E-state index contributed by atoms with van der Waals surface area (Å²) in [7, 11) is 1.60. The lowest BCUT2D eigenvalue weighted by Gasteiger charge is -2.13. The number of nitrogens with zero attached hydrogens (tertiary/aromatic N) is 2. The molecular weight excluding hydrogens is 402 g/mol. The standard InChI is InChI=1S/C18H21N3O3S3/c1-4-21-17(23)15-12(13-6-5-7-25-13)9-26-16(15)20-18(21)27-10-14(22)19-11(2)8-24-3/h5-7,9,11H,4,8,10H2,1-3H3,(H,19,22). The van der Waals surface area contributed by atoms with Crippen LogP contribution in [0.1, 0.15) is 13.8 Å². The summed E-state index contributed by atoms with van der Waals surface area (Å²) in [6.07, 6.45) is 0. The van der Waals surface area contributed by atoms with E-state index in [1.807, 2.05) is 36.7 Å². The van der Waals surface area contributed by atoms with Crippen LogP contribution in [0.25, 0.3) is 20.7 Å². The van der Waals surface area contributed by atoms with E-state index in [0.717, 1.165) is 10.4 Å². The van der Waals surface area contributed by atoms with Gasteiger partial charge in [0.05, 0.1) is 17.7 Å². The molecule has 1 amide bonds. The van der Waals surface area contributed by atoms with E-state index >= 15 is 0 Å². The first-order valence-corrected chi connectivity index (χ1v) is 11.3. The van der Waals surface area contributed by atoms with E-state index in [9.17, 15) is 9.59 Å². The first-order chi connectivity index (χ1) is 13.0. The zero-order chi connectivity index (χ0) is 19.4. The molecule has 3 rings (SSSR count). The van der Waals surface area contributed by atoms with E-state index in [2.05, 4.69) is 10.3 Å². The van der Waals surface area contributed by atoms with Crippen LogP contribution in [0.4, 0.5) is 0 Å². The summed E-state index contributed by atoms with van der Waals surface area (Å²) >= 11 is 4.35. The number of carbonyl (C=O) groups excluding carboxylic acids is 1. The topological polar surface area (TPSA) is 73.2 Å². The second-order valence-electron chi connectivity index (χ2n) is 5.96. The van der Waals surface area contributed by atoms with Crippen LogP contribution >= 0.6 is 34.4 Å². The van der Waals surface area contributed by atoms with Crippen LogP contribution in [0, 0.1) is 0 Å². The lowest BCUT2D eigenvalue weighted by atomic mass is 10.2. The molecule has 1 N–H and O–H groups in total. The molecule has 1 atom stereocenters. The number of nitrogens with one attached hydrogen (secondary N) is 1. The van der Waals surface area contributed by atoms with Crippen LogP contribution < -0.4 is 10.9 Å². The molecule has 0 aliphatic rings. The van der Waals surface area contributed by atoms with Gasteiger partial charge in [0.2, 0.25) is 5.91 Å². The number of amides is 1. The Morgan fingerprint density at radius 2 is 2.26 bits per heavy atom. The molecule has 3 aromatic rings. The minimum Gasteiger partial charge on any atom is -0.383 e. The SMILES string of the molecule is CCn1c(SCC(=O)NC(C)COC)nc2scc(-c3cccs3)c2c1=O. The van der Waals surface area contributed by atoms with Crippen molar-refractivity contribution in [2.45, 2.75) is 31.6 Å². The van der Waals surface area contributed by atoms with Gasteiger partial charge in [0, 0.05) is 35.5 Å². The number of thioether (sulfide) groups is 1. The maximum Gasteiger partial charge on any atom is 0.263 e. The van der Waals surface area contributed by atoms with Crippen molar-refractivity contribution in [2.75, 3.05) is 19.5 Å². The fourth-order valence-corrected chi connectivity index (χ4v) is 5.42. The molecule has 0 aliphatic carbocycles. The number of ether oxygens (including phenoxy) is 1. The molecule has 0 bridgehead atoms. The molecule has 3 heterocycles. The van der Waals surface area contributed by atoms with E-state index in [0.29, 0.717) is 28.5 Å². The number of carbonyl (C=O) groups is 1. The molecule has 9 heteroatoms. The second-order valence-corrected chi connectivity index (χ2v) is 8.71. The normalized spacial score (nSPS) is 12.4. The van der Waals surface area contributed by atoms with Gasteiger partial charge in [0.1, 0.15) is 4.83 Å². The molecule has 6 nitrogen and oxygen atoms in total. The number of aromatic nitrogens is 2. The monoisotopic (exact) mass is 423 g/mol. The lowest BCUT2D eigenvalue weighted by molar-refractivity contribution is -0.119. The van der Waals surface area contributed by atoms with Crippen LogP contribution in [0.2, 0.25) is 0 Å². The van der Waals surface area contributed by atoms with Gasteiger partial charge in [-0.3, -0.25) is 14.2 Å². The summed E-state index contributed by atoms with van der Waals surface area (Å²) in [6.45, 7) is 4.76. The fraction of sp³-hybridized carbons (Fsp3) is 0.389. The van der Waals surface area contributed by atoms with E-state index in [4.69, 9.17) is 4.74 Å². The number of rotatable bonds is 8. The van der Waals surface area contributed by atoms with Gasteiger partial charge in [-0.05, 0) is 25.3 Å². The average Bonchev–Trinajstić information content (AvgIpc) is 3.29. The van der Waals surface area contributed by atoms with Gasteiger partial charge >= 0.3 is 0 Å². The van der Waals surface area contributed by atoms with Gasteiger partial charge < -0.3 is 10.1 Å². The van der Waals surface area contributed by atoms with Crippen molar-refractivity contribution in [1.82, 2.24) is 14.9 Å². The third-order valence-electron chi connectivity index (χ3n) is 3.92. The maximum absolute atomic E-state index is 13.1. The Bertz CT molecular complexity index is 979. The fourth-order valence-electron chi connectivity index (χ4n) is 2.75. The van der Waals surface area contributed by atoms with E-state index < -0.39 is 0 Å². The van der Waals surface area contributed by atoms with Crippen LogP contribution in [0.5, 0.6) is 0 Å². The van der Waals surface area contributed by atoms with Crippen molar-refractivity contribution in [3.63, 3.8) is 0 Å². The van der Waals surface area contributed by atoms with Crippen molar-refractivity contribution in [3.05, 3.63) is 33.2 Å². The summed E-state index contributed by atoms with van der Waals surface area (Å²) < 4.78 is 6.67. The van der Waals surface area contributed by atoms with Gasteiger partial charge in [-0.15, -0.1) is 22.7 Å². The first kappa shape index (κ1) is 20.1. The molecule has 0 aliphatic heterocycles. The smallest absolute Gasteiger partial charge is 0.263 e. The minimum atomic E-state index is -0.105. The Kier molecular flexibility index (Phi) is 6.69. The van der Waals surface area contributed by atoms with Crippen molar-refractivity contribution in [3.8, 4) is 10.4 Å². The molecule has 0 fully saturated rings. The molecule has 3 aromatic heterocycles. The highest BCUT2D eigenvalue weighted by Crippen LogP contribution is 2.34. The Hall–Kier alpha value is -1.68. The van der Waals surface area contributed by atoms with Crippen molar-refractivity contribution >= 4 is 50.6 Å². The Balaban J connectivity index is 1.87. The number of methoxy groups -OCH3 is 1. The van der Waals surface area contributed by atoms with Crippen LogP contribution in [-0.2, 0) is 16.1 Å². The highest BCUT2D eigenvalue weighted by molar-refractivity contribution is 7.99. The molecule has 0 spiro atoms. The third kappa shape index (κ3) is 4.43. The molecular formula is C18H21N3O3S3. The van der Waals surface area contributed by atoms with E-state index in [1.54, 1.807) is 23.0 Å². The molecule has 0 radical (unpaired) electrons. The molecule has 27 heavy (non-hydrogen) atoms. The van der Waals surface area contributed by atoms with Crippen molar-refractivity contribution < 1.29 is 9.53 Å². The van der Waals surface area contributed by atoms with Gasteiger partial charge in [0.25, 0.3) is 5.56 Å². The van der Waals surface area contributed by atoms with Crippen molar-refractivity contribution in [2.24, 2.45) is 0 Å². The van der Waals surface area contributed by atoms with E-state index in [1.165, 1.54) is 23.1 Å². The second kappa shape index (κ2) is 9.01. The molecule has 144 valence electrons. The summed E-state index contributed by atoms with van der Waals surface area (Å²) in [5.41, 5.74) is 0.884. The Morgan fingerprint density at radius 1 is 1.44 bits per heavy atom. The predicted molar refractivity (Wildman–Crippen MR) is 113 cm³/mol. The summed E-state index contributed by atoms with van der Waals surface area (Å²) in [4.78, 5) is 31.6. The maximum atomic E-state index is 13.1. The number of hydrogen-bond donors (Lipinski definition) is 1. The van der Waals surface area contributed by atoms with E-state index in [-0.39, 0.29) is 23.3 Å². The quantitative estimate of drug-likeness (QED) is 0.444. The minimum absolute atomic E-state index is 0.0530. The molecule has 0 saturated carbocycles. The number of hydrogen-bond acceptors (Lipinski definition) is 7. The highest BCUT2D eigenvalue weighted by atomic mass is 32.2. The summed E-state index contributed by atoms with van der Waals surface area (Å²) in [5, 5.41) is 8.08. The molecule has 0 saturated heterocycles. The van der Waals surface area contributed by atoms with Crippen LogP contribution in [0.15, 0.2) is 32.8 Å². The Labute approximate surface area is 169 Å². The third-order valence-corrected chi connectivity index (χ3v) is 6.67. The molecule has 1 unspecified atom stereocenters. The van der Waals surface area contributed by atoms with Crippen molar-refractivity contribution in [1.29, 1.82) is 0 Å². The highest BCUT2D eigenvalue weighted by Gasteiger charge is 2.18. The largest absolute Gasteiger partial charge is 0.383 e. The van der Waals surface area contributed by atoms with Gasteiger partial charge in [-0.1, -0.05) is 17.8 Å². The van der Waals surface area contributed by atoms with Gasteiger partial charge in [0.15, 0.2) is 5.16 Å². The average molecular weight is 424 g/mol. The summed E-state index contributed by atoms with van der Waals surface area (Å²) in [6, 6.07) is 3.93. The molecule has 0 aromatic carbocycles. The predicted octanol–water partition coefficient (Wildman–Crippen LogP) is 3.45. The summed E-state index contributed by atoms with van der Waals surface area (Å²) in [5.74, 6) is 0.0989. The zero-order valence-corrected chi connectivity index (χ0v) is 17.8. The van der Waals surface area contributed by atoms with Gasteiger partial charge in [-0.2, -0.15) is 0 Å². The van der Waals surface area contributed by atoms with Crippen LogP contribution in [-0.4, -0.2) is 41.0 Å². The first-order valence-electron chi connectivity index (χ1n) is 8.52. The number of thiophene rings is 2. The zero-order valence-electron chi connectivity index (χ0n) is 15.4.